The van der Waals surface area contributed by atoms with Gasteiger partial charge < -0.3 is 10.6 Å². The second-order valence-electron chi connectivity index (χ2n) is 7.56. The van der Waals surface area contributed by atoms with E-state index in [0.717, 1.165) is 42.2 Å². The lowest BCUT2D eigenvalue weighted by atomic mass is 10.1. The predicted octanol–water partition coefficient (Wildman–Crippen LogP) is 3.78. The molecule has 1 atom stereocenters. The molecule has 1 aromatic carbocycles. The fraction of sp³-hybridized carbons (Fsp3) is 0.333. The monoisotopic (exact) mass is 416 g/mol. The molecule has 1 aliphatic heterocycles. The molecule has 1 saturated heterocycles. The number of alkyl halides is 3. The number of nitrogens with one attached hydrogen (secondary N) is 1. The minimum Gasteiger partial charge on any atom is -0.399 e. The van der Waals surface area contributed by atoms with Gasteiger partial charge in [0.2, 0.25) is 0 Å². The van der Waals surface area contributed by atoms with E-state index < -0.39 is 11.7 Å². The summed E-state index contributed by atoms with van der Waals surface area (Å²) in [5.74, 6) is 0.570. The normalized spacial score (nSPS) is 18.0. The first-order valence-electron chi connectivity index (χ1n) is 9.71. The highest BCUT2D eigenvalue weighted by molar-refractivity contribution is 5.64. The van der Waals surface area contributed by atoms with Crippen LogP contribution in [0.2, 0.25) is 0 Å². The van der Waals surface area contributed by atoms with Crippen molar-refractivity contribution < 1.29 is 13.2 Å². The van der Waals surface area contributed by atoms with Crippen molar-refractivity contribution in [2.24, 2.45) is 0 Å². The van der Waals surface area contributed by atoms with Gasteiger partial charge in [0.25, 0.3) is 0 Å². The maximum absolute atomic E-state index is 12.8. The summed E-state index contributed by atoms with van der Waals surface area (Å²) >= 11 is 0. The fourth-order valence-electron chi connectivity index (χ4n) is 3.73. The van der Waals surface area contributed by atoms with Gasteiger partial charge in [-0.3, -0.25) is 10.00 Å². The second kappa shape index (κ2) is 7.98. The Morgan fingerprint density at radius 1 is 1.10 bits per heavy atom. The third-order valence-electron chi connectivity index (χ3n) is 5.45. The number of rotatable bonds is 4. The van der Waals surface area contributed by atoms with Gasteiger partial charge in [-0.25, -0.2) is 4.98 Å². The smallest absolute Gasteiger partial charge is 0.399 e. The first-order chi connectivity index (χ1) is 14.3. The molecule has 9 heteroatoms. The molecule has 6 nitrogen and oxygen atoms in total. The summed E-state index contributed by atoms with van der Waals surface area (Å²) in [5, 5.41) is 7.27. The Bertz CT molecular complexity index is 981. The lowest BCUT2D eigenvalue weighted by Gasteiger charge is -2.40. The molecule has 158 valence electrons. The average Bonchev–Trinajstić information content (AvgIpc) is 3.18. The molecule has 0 bridgehead atoms. The number of aromatic amines is 1. The molecule has 3 heterocycles. The number of H-pyrrole nitrogens is 1. The largest absolute Gasteiger partial charge is 0.417 e. The summed E-state index contributed by atoms with van der Waals surface area (Å²) in [6.07, 6.45) is -1.64. The van der Waals surface area contributed by atoms with Crippen LogP contribution >= 0.6 is 0 Å². The highest BCUT2D eigenvalue weighted by atomic mass is 19.4. The molecule has 1 aliphatic rings. The number of halogens is 3. The van der Waals surface area contributed by atoms with Crippen LogP contribution in [0.3, 0.4) is 0 Å². The number of hydrogen-bond acceptors (Lipinski definition) is 5. The minimum absolute atomic E-state index is 0.206. The van der Waals surface area contributed by atoms with Crippen LogP contribution < -0.4 is 10.6 Å². The van der Waals surface area contributed by atoms with Crippen molar-refractivity contribution in [2.45, 2.75) is 25.7 Å². The number of nitrogens with zero attached hydrogens (tertiary/aromatic N) is 4. The number of nitrogens with two attached hydrogens (primary N) is 1. The van der Waals surface area contributed by atoms with Crippen molar-refractivity contribution in [2.75, 3.05) is 30.3 Å². The lowest BCUT2D eigenvalue weighted by molar-refractivity contribution is -0.137. The van der Waals surface area contributed by atoms with Gasteiger partial charge in [-0.2, -0.15) is 18.3 Å². The molecule has 0 saturated carbocycles. The molecule has 1 fully saturated rings. The zero-order valence-corrected chi connectivity index (χ0v) is 16.5. The number of piperazine rings is 1. The van der Waals surface area contributed by atoms with E-state index in [9.17, 15) is 13.2 Å². The van der Waals surface area contributed by atoms with E-state index in [0.29, 0.717) is 24.6 Å². The molecular weight excluding hydrogens is 393 g/mol. The van der Waals surface area contributed by atoms with Crippen LogP contribution in [0.5, 0.6) is 0 Å². The molecule has 0 aliphatic carbocycles. The van der Waals surface area contributed by atoms with Gasteiger partial charge in [0.15, 0.2) is 0 Å². The average molecular weight is 416 g/mol. The summed E-state index contributed by atoms with van der Waals surface area (Å²) in [7, 11) is 0. The maximum atomic E-state index is 12.8. The van der Waals surface area contributed by atoms with Gasteiger partial charge in [0.1, 0.15) is 5.82 Å². The van der Waals surface area contributed by atoms with E-state index in [2.05, 4.69) is 27.0 Å². The van der Waals surface area contributed by atoms with Gasteiger partial charge in [-0.15, -0.1) is 0 Å². The summed E-state index contributed by atoms with van der Waals surface area (Å²) in [6, 6.07) is 10.4. The molecule has 4 rings (SSSR count). The van der Waals surface area contributed by atoms with Crippen LogP contribution in [0.15, 0.2) is 48.8 Å². The lowest BCUT2D eigenvalue weighted by Crippen LogP contribution is -2.51. The SMILES string of the molecule is C[C@@H]1CN(c2ccc(C(F)(F)F)cn2)CCN1Cc1cn[nH]c1-c1ccc(N)cc1. The Labute approximate surface area is 172 Å². The molecule has 2 aromatic heterocycles. The third-order valence-corrected chi connectivity index (χ3v) is 5.45. The predicted molar refractivity (Wildman–Crippen MR) is 110 cm³/mol. The molecule has 3 aromatic rings. The van der Waals surface area contributed by atoms with Crippen molar-refractivity contribution in [1.29, 1.82) is 0 Å². The van der Waals surface area contributed by atoms with Crippen molar-refractivity contribution >= 4 is 11.5 Å². The van der Waals surface area contributed by atoms with Crippen LogP contribution in [-0.2, 0) is 12.7 Å². The summed E-state index contributed by atoms with van der Waals surface area (Å²) in [4.78, 5) is 8.39. The molecule has 0 amide bonds. The van der Waals surface area contributed by atoms with Gasteiger partial charge in [0.05, 0.1) is 17.5 Å². The van der Waals surface area contributed by atoms with Crippen molar-refractivity contribution in [3.8, 4) is 11.3 Å². The first kappa shape index (κ1) is 20.2. The Hall–Kier alpha value is -3.07. The quantitative estimate of drug-likeness (QED) is 0.633. The number of nitrogen functional groups attached to an aromatic ring is 1. The molecule has 0 radical (unpaired) electrons. The highest BCUT2D eigenvalue weighted by Gasteiger charge is 2.31. The number of aromatic nitrogens is 3. The summed E-state index contributed by atoms with van der Waals surface area (Å²) in [6.45, 7) is 4.99. The summed E-state index contributed by atoms with van der Waals surface area (Å²) in [5.41, 5.74) is 8.84. The second-order valence-corrected chi connectivity index (χ2v) is 7.56. The molecule has 30 heavy (non-hydrogen) atoms. The van der Waals surface area contributed by atoms with Crippen molar-refractivity contribution in [1.82, 2.24) is 20.1 Å². The third kappa shape index (κ3) is 4.25. The molecule has 3 N–H and O–H groups in total. The zero-order chi connectivity index (χ0) is 21.3. The van der Waals surface area contributed by atoms with E-state index in [4.69, 9.17) is 5.73 Å². The first-order valence-corrected chi connectivity index (χ1v) is 9.71. The van der Waals surface area contributed by atoms with E-state index >= 15 is 0 Å². The molecular formula is C21H23F3N6. The fourth-order valence-corrected chi connectivity index (χ4v) is 3.73. The van der Waals surface area contributed by atoms with Crippen LogP contribution in [0.4, 0.5) is 24.7 Å². The summed E-state index contributed by atoms with van der Waals surface area (Å²) < 4.78 is 38.3. The van der Waals surface area contributed by atoms with Crippen LogP contribution in [0, 0.1) is 0 Å². The Kier molecular flexibility index (Phi) is 5.38. The van der Waals surface area contributed by atoms with Crippen molar-refractivity contribution in [3.05, 3.63) is 59.9 Å². The number of anilines is 2. The Balaban J connectivity index is 1.42. The van der Waals surface area contributed by atoms with Gasteiger partial charge >= 0.3 is 6.18 Å². The van der Waals surface area contributed by atoms with Crippen LogP contribution in [0.25, 0.3) is 11.3 Å². The standard InChI is InChI=1S/C21H23F3N6/c1-14-12-30(19-7-4-17(11-26-19)21(22,23)24)9-8-29(14)13-16-10-27-28-20(16)15-2-5-18(25)6-3-15/h2-7,10-11,14H,8-9,12-13,25H2,1H3,(H,27,28)/t14-/m1/s1. The number of benzene rings is 1. The highest BCUT2D eigenvalue weighted by Crippen LogP contribution is 2.30. The number of hydrogen-bond donors (Lipinski definition) is 2. The molecule has 0 unspecified atom stereocenters. The van der Waals surface area contributed by atoms with E-state index in [1.54, 1.807) is 0 Å². The molecule has 0 spiro atoms. The van der Waals surface area contributed by atoms with Crippen LogP contribution in [-0.4, -0.2) is 45.8 Å². The topological polar surface area (TPSA) is 74.1 Å². The maximum Gasteiger partial charge on any atom is 0.417 e. The Morgan fingerprint density at radius 2 is 1.87 bits per heavy atom. The Morgan fingerprint density at radius 3 is 2.50 bits per heavy atom. The van der Waals surface area contributed by atoms with E-state index in [1.165, 1.54) is 6.07 Å². The minimum atomic E-state index is -4.37. The van der Waals surface area contributed by atoms with E-state index in [-0.39, 0.29) is 6.04 Å². The van der Waals surface area contributed by atoms with E-state index in [1.807, 2.05) is 35.4 Å². The number of pyridine rings is 1. The van der Waals surface area contributed by atoms with Crippen LogP contribution in [0.1, 0.15) is 18.1 Å². The van der Waals surface area contributed by atoms with Crippen molar-refractivity contribution in [3.63, 3.8) is 0 Å². The van der Waals surface area contributed by atoms with Gasteiger partial charge in [0, 0.05) is 55.2 Å². The van der Waals surface area contributed by atoms with Gasteiger partial charge in [-0.05, 0) is 31.2 Å². The zero-order valence-electron chi connectivity index (χ0n) is 16.5. The van der Waals surface area contributed by atoms with Gasteiger partial charge in [-0.1, -0.05) is 12.1 Å².